The number of thiophene rings is 1. The van der Waals surface area contributed by atoms with Gasteiger partial charge in [0.1, 0.15) is 0 Å². The summed E-state index contributed by atoms with van der Waals surface area (Å²) < 4.78 is 38.3. The fourth-order valence-corrected chi connectivity index (χ4v) is 2.67. The van der Waals surface area contributed by atoms with Crippen LogP contribution in [-0.2, 0) is 17.4 Å². The second-order valence-electron chi connectivity index (χ2n) is 4.65. The summed E-state index contributed by atoms with van der Waals surface area (Å²) in [5, 5.41) is 1.96. The number of amides is 1. The zero-order valence-corrected chi connectivity index (χ0v) is 12.4. The molecule has 1 aromatic carbocycles. The Morgan fingerprint density at radius 3 is 2.59 bits per heavy atom. The summed E-state index contributed by atoms with van der Waals surface area (Å²) in [5.41, 5.74) is 3.68. The SMILES string of the molecule is O=C(CCCc1cccs1)NNc1ccccc1C(F)(F)F. The van der Waals surface area contributed by atoms with E-state index in [1.54, 1.807) is 11.3 Å². The van der Waals surface area contributed by atoms with Crippen LogP contribution in [0.15, 0.2) is 41.8 Å². The Bertz CT molecular complexity index is 612. The van der Waals surface area contributed by atoms with Gasteiger partial charge in [-0.1, -0.05) is 18.2 Å². The maximum atomic E-state index is 12.8. The Morgan fingerprint density at radius 1 is 1.14 bits per heavy atom. The van der Waals surface area contributed by atoms with Crippen molar-refractivity contribution in [3.8, 4) is 0 Å². The third-order valence-corrected chi connectivity index (χ3v) is 3.91. The Morgan fingerprint density at radius 2 is 1.91 bits per heavy atom. The molecular weight excluding hydrogens is 313 g/mol. The van der Waals surface area contributed by atoms with E-state index in [-0.39, 0.29) is 18.0 Å². The minimum atomic E-state index is -4.46. The van der Waals surface area contributed by atoms with E-state index >= 15 is 0 Å². The number of hydrazine groups is 1. The predicted octanol–water partition coefficient (Wildman–Crippen LogP) is 4.23. The van der Waals surface area contributed by atoms with E-state index in [1.165, 1.54) is 23.1 Å². The number of para-hydroxylation sites is 1. The number of benzene rings is 1. The number of carbonyl (C=O) groups is 1. The number of nitrogens with one attached hydrogen (secondary N) is 2. The first-order valence-electron chi connectivity index (χ1n) is 6.70. The van der Waals surface area contributed by atoms with E-state index in [1.807, 2.05) is 17.5 Å². The van der Waals surface area contributed by atoms with Gasteiger partial charge < -0.3 is 0 Å². The number of anilines is 1. The summed E-state index contributed by atoms with van der Waals surface area (Å²) in [6.07, 6.45) is -2.79. The zero-order chi connectivity index (χ0) is 16.0. The number of hydrogen-bond donors (Lipinski definition) is 2. The van der Waals surface area contributed by atoms with Gasteiger partial charge in [-0.2, -0.15) is 13.2 Å². The zero-order valence-electron chi connectivity index (χ0n) is 11.6. The first kappa shape index (κ1) is 16.4. The average molecular weight is 328 g/mol. The highest BCUT2D eigenvalue weighted by Gasteiger charge is 2.33. The van der Waals surface area contributed by atoms with Gasteiger partial charge in [0.05, 0.1) is 11.3 Å². The Balaban J connectivity index is 1.81. The van der Waals surface area contributed by atoms with E-state index in [0.29, 0.717) is 6.42 Å². The fraction of sp³-hybridized carbons (Fsp3) is 0.267. The van der Waals surface area contributed by atoms with Crippen LogP contribution in [0.5, 0.6) is 0 Å². The van der Waals surface area contributed by atoms with Crippen molar-refractivity contribution in [2.45, 2.75) is 25.4 Å². The molecule has 0 aliphatic rings. The molecule has 0 bridgehead atoms. The molecule has 118 valence electrons. The first-order valence-corrected chi connectivity index (χ1v) is 7.58. The largest absolute Gasteiger partial charge is 0.418 e. The number of carbonyl (C=O) groups excluding carboxylic acids is 1. The predicted molar refractivity (Wildman–Crippen MR) is 80.5 cm³/mol. The molecule has 1 aromatic heterocycles. The Kier molecular flexibility index (Phi) is 5.43. The number of aryl methyl sites for hydroxylation is 1. The molecule has 1 heterocycles. The van der Waals surface area contributed by atoms with Crippen molar-refractivity contribution < 1.29 is 18.0 Å². The van der Waals surface area contributed by atoms with Crippen LogP contribution < -0.4 is 10.9 Å². The molecule has 3 nitrogen and oxygen atoms in total. The number of alkyl halides is 3. The number of halogens is 3. The van der Waals surface area contributed by atoms with Crippen molar-refractivity contribution in [1.82, 2.24) is 5.43 Å². The maximum Gasteiger partial charge on any atom is 0.418 e. The second-order valence-corrected chi connectivity index (χ2v) is 5.68. The lowest BCUT2D eigenvalue weighted by molar-refractivity contribution is -0.137. The van der Waals surface area contributed by atoms with Crippen LogP contribution in [-0.4, -0.2) is 5.91 Å². The fourth-order valence-electron chi connectivity index (χ4n) is 1.92. The lowest BCUT2D eigenvalue weighted by atomic mass is 10.2. The minimum Gasteiger partial charge on any atom is -0.298 e. The van der Waals surface area contributed by atoms with Crippen LogP contribution in [0, 0.1) is 0 Å². The summed E-state index contributed by atoms with van der Waals surface area (Å²) in [6.45, 7) is 0. The molecule has 0 saturated carbocycles. The standard InChI is InChI=1S/C15H15F3N2OS/c16-15(17,18)12-7-1-2-8-13(12)19-20-14(21)9-3-5-11-6-4-10-22-11/h1-2,4,6-8,10,19H,3,5,9H2,(H,20,21). The van der Waals surface area contributed by atoms with E-state index in [2.05, 4.69) is 10.9 Å². The lowest BCUT2D eigenvalue weighted by Crippen LogP contribution is -2.30. The van der Waals surface area contributed by atoms with Gasteiger partial charge in [-0.15, -0.1) is 11.3 Å². The van der Waals surface area contributed by atoms with Crippen LogP contribution in [0.25, 0.3) is 0 Å². The molecule has 0 atom stereocenters. The normalized spacial score (nSPS) is 11.2. The first-order chi connectivity index (χ1) is 10.5. The summed E-state index contributed by atoms with van der Waals surface area (Å²) in [7, 11) is 0. The van der Waals surface area contributed by atoms with Crippen LogP contribution in [0.3, 0.4) is 0 Å². The summed E-state index contributed by atoms with van der Waals surface area (Å²) in [6, 6.07) is 8.94. The van der Waals surface area contributed by atoms with Crippen molar-refractivity contribution in [1.29, 1.82) is 0 Å². The molecule has 0 unspecified atom stereocenters. The van der Waals surface area contributed by atoms with Gasteiger partial charge in [-0.25, -0.2) is 0 Å². The molecule has 2 rings (SSSR count). The smallest absolute Gasteiger partial charge is 0.298 e. The summed E-state index contributed by atoms with van der Waals surface area (Å²) in [4.78, 5) is 12.8. The van der Waals surface area contributed by atoms with Gasteiger partial charge in [0.15, 0.2) is 0 Å². The molecule has 1 amide bonds. The van der Waals surface area contributed by atoms with Crippen LogP contribution in [0.2, 0.25) is 0 Å². The van der Waals surface area contributed by atoms with Gasteiger partial charge in [0.2, 0.25) is 5.91 Å². The molecule has 0 aliphatic carbocycles. The lowest BCUT2D eigenvalue weighted by Gasteiger charge is -2.14. The van der Waals surface area contributed by atoms with E-state index in [9.17, 15) is 18.0 Å². The monoisotopic (exact) mass is 328 g/mol. The molecule has 22 heavy (non-hydrogen) atoms. The van der Waals surface area contributed by atoms with Gasteiger partial charge in [-0.3, -0.25) is 15.6 Å². The third kappa shape index (κ3) is 4.77. The molecular formula is C15H15F3N2OS. The quantitative estimate of drug-likeness (QED) is 0.779. The Labute approximate surface area is 130 Å². The van der Waals surface area contributed by atoms with Gasteiger partial charge in [0, 0.05) is 11.3 Å². The third-order valence-electron chi connectivity index (χ3n) is 2.98. The molecule has 0 fully saturated rings. The highest BCUT2D eigenvalue weighted by atomic mass is 32.1. The molecule has 7 heteroatoms. The average Bonchev–Trinajstić information content (AvgIpc) is 2.98. The number of rotatable bonds is 6. The summed E-state index contributed by atoms with van der Waals surface area (Å²) in [5.74, 6) is -0.339. The Hall–Kier alpha value is -2.02. The number of hydrogen-bond acceptors (Lipinski definition) is 3. The maximum absolute atomic E-state index is 12.8. The highest BCUT2D eigenvalue weighted by Crippen LogP contribution is 2.34. The second kappa shape index (κ2) is 7.31. The van der Waals surface area contributed by atoms with Crippen molar-refractivity contribution >= 4 is 22.9 Å². The van der Waals surface area contributed by atoms with Crippen molar-refractivity contribution in [3.63, 3.8) is 0 Å². The molecule has 0 aliphatic heterocycles. The molecule has 2 N–H and O–H groups in total. The molecule has 2 aromatic rings. The molecule has 0 saturated heterocycles. The van der Waals surface area contributed by atoms with E-state index in [0.717, 1.165) is 12.5 Å². The van der Waals surface area contributed by atoms with Gasteiger partial charge in [-0.05, 0) is 36.4 Å². The van der Waals surface area contributed by atoms with Crippen molar-refractivity contribution in [2.24, 2.45) is 0 Å². The highest BCUT2D eigenvalue weighted by molar-refractivity contribution is 7.09. The van der Waals surface area contributed by atoms with Crippen LogP contribution >= 0.6 is 11.3 Å². The minimum absolute atomic E-state index is 0.165. The van der Waals surface area contributed by atoms with Crippen molar-refractivity contribution in [2.75, 3.05) is 5.43 Å². The van der Waals surface area contributed by atoms with Gasteiger partial charge in [0.25, 0.3) is 0 Å². The van der Waals surface area contributed by atoms with Crippen LogP contribution in [0.1, 0.15) is 23.3 Å². The van der Waals surface area contributed by atoms with Crippen LogP contribution in [0.4, 0.5) is 18.9 Å². The van der Waals surface area contributed by atoms with Gasteiger partial charge >= 0.3 is 6.18 Å². The molecule has 0 spiro atoms. The van der Waals surface area contributed by atoms with Crippen molar-refractivity contribution in [3.05, 3.63) is 52.2 Å². The van der Waals surface area contributed by atoms with E-state index in [4.69, 9.17) is 0 Å². The topological polar surface area (TPSA) is 41.1 Å². The molecule has 0 radical (unpaired) electrons. The summed E-state index contributed by atoms with van der Waals surface area (Å²) >= 11 is 1.62. The van der Waals surface area contributed by atoms with E-state index < -0.39 is 11.7 Å².